The van der Waals surface area contributed by atoms with Crippen molar-refractivity contribution in [2.24, 2.45) is 0 Å². The number of carbonyl (C=O) groups excluding carboxylic acids is 1. The Balaban J connectivity index is 3.02. The summed E-state index contributed by atoms with van der Waals surface area (Å²) in [6.07, 6.45) is 0. The standard InChI is InChI=1S/C11H11BrFNO3/c1-2-14(6-9(15)16)11(17)7-4-3-5-8(12)10(7)13/h3-5H,2,6H2,1H3,(H,15,16). The molecule has 4 nitrogen and oxygen atoms in total. The Morgan fingerprint density at radius 3 is 2.65 bits per heavy atom. The summed E-state index contributed by atoms with van der Waals surface area (Å²) in [4.78, 5) is 23.5. The minimum atomic E-state index is -1.13. The van der Waals surface area contributed by atoms with Crippen LogP contribution in [0.15, 0.2) is 22.7 Å². The number of hydrogen-bond acceptors (Lipinski definition) is 2. The van der Waals surface area contributed by atoms with Crippen LogP contribution in [-0.2, 0) is 4.79 Å². The van der Waals surface area contributed by atoms with Crippen LogP contribution in [-0.4, -0.2) is 35.0 Å². The summed E-state index contributed by atoms with van der Waals surface area (Å²) < 4.78 is 13.8. The molecule has 0 unspecified atom stereocenters. The maximum atomic E-state index is 13.6. The average molecular weight is 304 g/mol. The molecule has 0 radical (unpaired) electrons. The number of aliphatic carboxylic acids is 1. The molecule has 1 N–H and O–H groups in total. The van der Waals surface area contributed by atoms with Crippen LogP contribution in [0.1, 0.15) is 17.3 Å². The van der Waals surface area contributed by atoms with Gasteiger partial charge < -0.3 is 10.0 Å². The van der Waals surface area contributed by atoms with E-state index in [1.807, 2.05) is 0 Å². The second-order valence-electron chi connectivity index (χ2n) is 3.31. The van der Waals surface area contributed by atoms with Crippen molar-refractivity contribution >= 4 is 27.8 Å². The predicted molar refractivity (Wildman–Crippen MR) is 63.3 cm³/mol. The minimum absolute atomic E-state index is 0.137. The van der Waals surface area contributed by atoms with Crippen LogP contribution in [0.5, 0.6) is 0 Å². The van der Waals surface area contributed by atoms with E-state index >= 15 is 0 Å². The van der Waals surface area contributed by atoms with Crippen LogP contribution in [0.25, 0.3) is 0 Å². The van der Waals surface area contributed by atoms with Gasteiger partial charge in [-0.05, 0) is 35.0 Å². The number of carboxylic acid groups (broad SMARTS) is 1. The summed E-state index contributed by atoms with van der Waals surface area (Å²) in [6, 6.07) is 4.32. The molecule has 0 aromatic heterocycles. The van der Waals surface area contributed by atoms with Gasteiger partial charge in [0.25, 0.3) is 5.91 Å². The number of carbonyl (C=O) groups is 2. The smallest absolute Gasteiger partial charge is 0.323 e. The molecule has 0 aliphatic heterocycles. The van der Waals surface area contributed by atoms with Gasteiger partial charge in [0.2, 0.25) is 0 Å². The van der Waals surface area contributed by atoms with Crippen LogP contribution >= 0.6 is 15.9 Å². The van der Waals surface area contributed by atoms with Crippen LogP contribution in [0.4, 0.5) is 4.39 Å². The maximum absolute atomic E-state index is 13.6. The second-order valence-corrected chi connectivity index (χ2v) is 4.17. The van der Waals surface area contributed by atoms with E-state index in [-0.39, 0.29) is 16.6 Å². The lowest BCUT2D eigenvalue weighted by molar-refractivity contribution is -0.137. The van der Waals surface area contributed by atoms with Gasteiger partial charge >= 0.3 is 5.97 Å². The lowest BCUT2D eigenvalue weighted by atomic mass is 10.2. The second kappa shape index (κ2) is 5.77. The van der Waals surface area contributed by atoms with Crippen molar-refractivity contribution in [1.29, 1.82) is 0 Å². The normalized spacial score (nSPS) is 10.1. The Bertz CT molecular complexity index is 450. The highest BCUT2D eigenvalue weighted by molar-refractivity contribution is 9.10. The molecule has 92 valence electrons. The molecular formula is C11H11BrFNO3. The molecule has 1 amide bonds. The molecule has 1 aromatic carbocycles. The molecule has 0 spiro atoms. The van der Waals surface area contributed by atoms with Gasteiger partial charge in [0.05, 0.1) is 10.0 Å². The Morgan fingerprint density at radius 1 is 1.47 bits per heavy atom. The molecule has 0 bridgehead atoms. The Hall–Kier alpha value is -1.43. The Kier molecular flexibility index (Phi) is 4.62. The molecule has 1 aromatic rings. The molecule has 0 saturated heterocycles. The van der Waals surface area contributed by atoms with Gasteiger partial charge in [-0.15, -0.1) is 0 Å². The molecule has 0 heterocycles. The van der Waals surface area contributed by atoms with E-state index in [0.717, 1.165) is 4.90 Å². The lowest BCUT2D eigenvalue weighted by Gasteiger charge is -2.18. The van der Waals surface area contributed by atoms with Gasteiger partial charge in [0, 0.05) is 6.54 Å². The number of likely N-dealkylation sites (N-methyl/N-ethyl adjacent to an activating group) is 1. The van der Waals surface area contributed by atoms with Crippen molar-refractivity contribution < 1.29 is 19.1 Å². The van der Waals surface area contributed by atoms with Crippen LogP contribution in [0.2, 0.25) is 0 Å². The molecule has 0 atom stereocenters. The zero-order valence-electron chi connectivity index (χ0n) is 9.11. The Morgan fingerprint density at radius 2 is 2.12 bits per heavy atom. The molecule has 1 rings (SSSR count). The molecule has 0 saturated carbocycles. The summed E-state index contributed by atoms with van der Waals surface area (Å²) >= 11 is 2.97. The monoisotopic (exact) mass is 303 g/mol. The largest absolute Gasteiger partial charge is 0.480 e. The van der Waals surface area contributed by atoms with Crippen LogP contribution in [0.3, 0.4) is 0 Å². The first kappa shape index (κ1) is 13.6. The van der Waals surface area contributed by atoms with E-state index in [0.29, 0.717) is 0 Å². The number of benzene rings is 1. The highest BCUT2D eigenvalue weighted by Crippen LogP contribution is 2.19. The number of rotatable bonds is 4. The van der Waals surface area contributed by atoms with Crippen molar-refractivity contribution in [2.75, 3.05) is 13.1 Å². The fourth-order valence-electron chi connectivity index (χ4n) is 1.33. The fraction of sp³-hybridized carbons (Fsp3) is 0.273. The third-order valence-electron chi connectivity index (χ3n) is 2.18. The zero-order valence-corrected chi connectivity index (χ0v) is 10.7. The molecule has 0 aliphatic rings. The van der Waals surface area contributed by atoms with Crippen molar-refractivity contribution in [2.45, 2.75) is 6.92 Å². The Labute approximate surface area is 106 Å². The van der Waals surface area contributed by atoms with E-state index in [1.54, 1.807) is 6.92 Å². The summed E-state index contributed by atoms with van der Waals surface area (Å²) in [6.45, 7) is 1.40. The summed E-state index contributed by atoms with van der Waals surface area (Å²) in [5.74, 6) is -2.44. The number of hydrogen-bond donors (Lipinski definition) is 1. The number of carboxylic acids is 1. The van der Waals surface area contributed by atoms with Crippen molar-refractivity contribution in [1.82, 2.24) is 4.90 Å². The minimum Gasteiger partial charge on any atom is -0.480 e. The van der Waals surface area contributed by atoms with Crippen molar-refractivity contribution in [3.8, 4) is 0 Å². The van der Waals surface area contributed by atoms with E-state index in [4.69, 9.17) is 5.11 Å². The first-order chi connectivity index (χ1) is 7.97. The SMILES string of the molecule is CCN(CC(=O)O)C(=O)c1cccc(Br)c1F. The average Bonchev–Trinajstić information content (AvgIpc) is 2.28. The van der Waals surface area contributed by atoms with Crippen molar-refractivity contribution in [3.05, 3.63) is 34.1 Å². The summed E-state index contributed by atoms with van der Waals surface area (Å²) in [7, 11) is 0. The van der Waals surface area contributed by atoms with E-state index < -0.39 is 24.2 Å². The van der Waals surface area contributed by atoms with Gasteiger partial charge in [0.15, 0.2) is 0 Å². The molecular weight excluding hydrogens is 293 g/mol. The van der Waals surface area contributed by atoms with E-state index in [9.17, 15) is 14.0 Å². The predicted octanol–water partition coefficient (Wildman–Crippen LogP) is 2.13. The van der Waals surface area contributed by atoms with Crippen LogP contribution in [0, 0.1) is 5.82 Å². The van der Waals surface area contributed by atoms with E-state index in [2.05, 4.69) is 15.9 Å². The lowest BCUT2D eigenvalue weighted by Crippen LogP contribution is -2.35. The maximum Gasteiger partial charge on any atom is 0.323 e. The molecule has 0 aliphatic carbocycles. The fourth-order valence-corrected chi connectivity index (χ4v) is 1.70. The molecule has 6 heteroatoms. The molecule has 0 fully saturated rings. The number of nitrogens with zero attached hydrogens (tertiary/aromatic N) is 1. The van der Waals surface area contributed by atoms with Gasteiger partial charge in [-0.1, -0.05) is 6.07 Å². The topological polar surface area (TPSA) is 57.6 Å². The van der Waals surface area contributed by atoms with Gasteiger partial charge in [-0.3, -0.25) is 9.59 Å². The third-order valence-corrected chi connectivity index (χ3v) is 2.79. The van der Waals surface area contributed by atoms with Crippen molar-refractivity contribution in [3.63, 3.8) is 0 Å². The van der Waals surface area contributed by atoms with Gasteiger partial charge in [-0.2, -0.15) is 0 Å². The first-order valence-corrected chi connectivity index (χ1v) is 5.71. The zero-order chi connectivity index (χ0) is 13.0. The van der Waals surface area contributed by atoms with E-state index in [1.165, 1.54) is 18.2 Å². The van der Waals surface area contributed by atoms with Crippen LogP contribution < -0.4 is 0 Å². The number of halogens is 2. The van der Waals surface area contributed by atoms with Gasteiger partial charge in [0.1, 0.15) is 12.4 Å². The third kappa shape index (κ3) is 3.26. The number of amides is 1. The highest BCUT2D eigenvalue weighted by atomic mass is 79.9. The quantitative estimate of drug-likeness (QED) is 0.927. The summed E-state index contributed by atoms with van der Waals surface area (Å²) in [5.41, 5.74) is -0.137. The van der Waals surface area contributed by atoms with Gasteiger partial charge in [-0.25, -0.2) is 4.39 Å². The molecule has 17 heavy (non-hydrogen) atoms. The highest BCUT2D eigenvalue weighted by Gasteiger charge is 2.20. The summed E-state index contributed by atoms with van der Waals surface area (Å²) in [5, 5.41) is 8.64. The first-order valence-electron chi connectivity index (χ1n) is 4.92.